The normalized spacial score (nSPS) is 50.4. The molecular weight excluding hydrogens is 376 g/mol. The molecule has 0 saturated heterocycles. The van der Waals surface area contributed by atoms with Crippen LogP contribution in [0.2, 0.25) is 0 Å². The molecule has 0 bridgehead atoms. The molecule has 0 spiro atoms. The van der Waals surface area contributed by atoms with Crippen molar-refractivity contribution in [3.8, 4) is 0 Å². The third-order valence-corrected chi connectivity index (χ3v) is 9.45. The summed E-state index contributed by atoms with van der Waals surface area (Å²) in [5.41, 5.74) is 0. The van der Waals surface area contributed by atoms with E-state index in [4.69, 9.17) is 0 Å². The Bertz CT molecular complexity index is 511. The van der Waals surface area contributed by atoms with E-state index in [0.717, 1.165) is 64.2 Å². The summed E-state index contributed by atoms with van der Waals surface area (Å²) < 4.78 is 59.0. The maximum atomic E-state index is 15.2. The van der Waals surface area contributed by atoms with E-state index in [2.05, 4.69) is 0 Å². The minimum absolute atomic E-state index is 0.0732. The lowest BCUT2D eigenvalue weighted by Gasteiger charge is -2.45. The molecule has 0 heterocycles. The molecule has 0 N–H and O–H groups in total. The van der Waals surface area contributed by atoms with Gasteiger partial charge in [0.05, 0.1) is 0 Å². The van der Waals surface area contributed by atoms with Gasteiger partial charge in [-0.2, -0.15) is 0 Å². The zero-order valence-electron chi connectivity index (χ0n) is 18.1. The first kappa shape index (κ1) is 21.9. The molecule has 4 saturated carbocycles. The Hall–Kier alpha value is -0.280. The average Bonchev–Trinajstić information content (AvgIpc) is 2.75. The van der Waals surface area contributed by atoms with Gasteiger partial charge in [-0.05, 0) is 92.8 Å². The Balaban J connectivity index is 1.30. The van der Waals surface area contributed by atoms with Crippen molar-refractivity contribution < 1.29 is 17.6 Å². The van der Waals surface area contributed by atoms with E-state index in [-0.39, 0.29) is 35.5 Å². The molecule has 7 unspecified atom stereocenters. The number of hydrogen-bond acceptors (Lipinski definition) is 0. The molecular formula is C25H40F4. The van der Waals surface area contributed by atoms with Crippen molar-refractivity contribution in [3.63, 3.8) is 0 Å². The zero-order chi connectivity index (χ0) is 20.5. The molecule has 0 nitrogen and oxygen atoms in total. The van der Waals surface area contributed by atoms with Crippen molar-refractivity contribution in [2.24, 2.45) is 41.4 Å². The van der Waals surface area contributed by atoms with Crippen molar-refractivity contribution in [1.82, 2.24) is 0 Å². The topological polar surface area (TPSA) is 0 Å². The molecule has 168 valence electrons. The molecule has 0 aromatic carbocycles. The lowest BCUT2D eigenvalue weighted by atomic mass is 9.62. The van der Waals surface area contributed by atoms with Crippen LogP contribution < -0.4 is 0 Å². The number of alkyl halides is 4. The molecule has 0 aromatic heterocycles. The zero-order valence-corrected chi connectivity index (χ0v) is 18.1. The van der Waals surface area contributed by atoms with E-state index in [1.54, 1.807) is 0 Å². The second kappa shape index (κ2) is 9.47. The van der Waals surface area contributed by atoms with Crippen LogP contribution in [-0.4, -0.2) is 24.7 Å². The Morgan fingerprint density at radius 3 is 1.28 bits per heavy atom. The Morgan fingerprint density at radius 1 is 0.414 bits per heavy atom. The molecule has 4 aliphatic rings. The van der Waals surface area contributed by atoms with Gasteiger partial charge in [-0.15, -0.1) is 0 Å². The summed E-state index contributed by atoms with van der Waals surface area (Å²) in [6, 6.07) is 0. The van der Waals surface area contributed by atoms with Crippen molar-refractivity contribution in [1.29, 1.82) is 0 Å². The molecule has 29 heavy (non-hydrogen) atoms. The first-order chi connectivity index (χ1) is 14.0. The van der Waals surface area contributed by atoms with Crippen LogP contribution in [0, 0.1) is 41.4 Å². The van der Waals surface area contributed by atoms with Crippen molar-refractivity contribution in [3.05, 3.63) is 0 Å². The summed E-state index contributed by atoms with van der Waals surface area (Å²) in [7, 11) is 0. The average molecular weight is 417 g/mol. The predicted molar refractivity (Wildman–Crippen MR) is 110 cm³/mol. The summed E-state index contributed by atoms with van der Waals surface area (Å²) in [5, 5.41) is 0. The van der Waals surface area contributed by atoms with Crippen molar-refractivity contribution in [2.45, 2.75) is 115 Å². The van der Waals surface area contributed by atoms with Crippen molar-refractivity contribution in [2.75, 3.05) is 0 Å². The molecule has 0 amide bonds. The van der Waals surface area contributed by atoms with Gasteiger partial charge in [0.25, 0.3) is 0 Å². The summed E-state index contributed by atoms with van der Waals surface area (Å²) in [4.78, 5) is 0. The highest BCUT2D eigenvalue weighted by molar-refractivity contribution is 4.96. The standard InChI is InChI=1S/C25H40F4/c1-15-7-12-19(23(27)22(15)26)17-8-10-18(11-9-17)21-14-13-20(24(28)25(21)29)16-5-3-2-4-6-16/h15-25H,2-14H2,1H3/t15?,17?,18?,19?,20?,21?,22-,23?,24?,25?/m0/s1. The van der Waals surface area contributed by atoms with Crippen molar-refractivity contribution >= 4 is 0 Å². The van der Waals surface area contributed by atoms with Gasteiger partial charge in [-0.25, -0.2) is 17.6 Å². The van der Waals surface area contributed by atoms with Crippen LogP contribution in [0.5, 0.6) is 0 Å². The summed E-state index contributed by atoms with van der Waals surface area (Å²) in [6.07, 6.45) is 7.13. The quantitative estimate of drug-likeness (QED) is 0.412. The first-order valence-electron chi connectivity index (χ1n) is 12.5. The smallest absolute Gasteiger partial charge is 0.134 e. The fourth-order valence-corrected chi connectivity index (χ4v) is 7.55. The fraction of sp³-hybridized carbons (Fsp3) is 1.00. The van der Waals surface area contributed by atoms with Crippen LogP contribution in [0.3, 0.4) is 0 Å². The molecule has 0 aliphatic heterocycles. The van der Waals surface area contributed by atoms with Gasteiger partial charge in [-0.3, -0.25) is 0 Å². The molecule has 8 atom stereocenters. The number of hydrogen-bond donors (Lipinski definition) is 0. The van der Waals surface area contributed by atoms with Crippen LogP contribution in [0.25, 0.3) is 0 Å². The van der Waals surface area contributed by atoms with E-state index in [9.17, 15) is 8.78 Å². The second-order valence-corrected chi connectivity index (χ2v) is 11.0. The van der Waals surface area contributed by atoms with E-state index in [1.807, 2.05) is 6.92 Å². The molecule has 0 aromatic rings. The van der Waals surface area contributed by atoms with Crippen LogP contribution in [0.1, 0.15) is 90.4 Å². The van der Waals surface area contributed by atoms with Gasteiger partial charge < -0.3 is 0 Å². The summed E-state index contributed by atoms with van der Waals surface area (Å²) in [5.74, 6) is 0.268. The molecule has 4 aliphatic carbocycles. The van der Waals surface area contributed by atoms with Crippen LogP contribution in [0.15, 0.2) is 0 Å². The van der Waals surface area contributed by atoms with E-state index < -0.39 is 24.7 Å². The monoisotopic (exact) mass is 416 g/mol. The maximum absolute atomic E-state index is 15.2. The van der Waals surface area contributed by atoms with Gasteiger partial charge in [0.15, 0.2) is 0 Å². The largest absolute Gasteiger partial charge is 0.244 e. The van der Waals surface area contributed by atoms with Crippen LogP contribution in [-0.2, 0) is 0 Å². The second-order valence-electron chi connectivity index (χ2n) is 11.0. The number of halogens is 4. The van der Waals surface area contributed by atoms with E-state index in [0.29, 0.717) is 5.92 Å². The predicted octanol–water partition coefficient (Wildman–Crippen LogP) is 7.80. The lowest BCUT2D eigenvalue weighted by molar-refractivity contribution is -0.0441. The van der Waals surface area contributed by atoms with Gasteiger partial charge in [0.1, 0.15) is 24.7 Å². The highest BCUT2D eigenvalue weighted by Crippen LogP contribution is 2.50. The highest BCUT2D eigenvalue weighted by atomic mass is 19.2. The maximum Gasteiger partial charge on any atom is 0.134 e. The third kappa shape index (κ3) is 4.52. The minimum Gasteiger partial charge on any atom is -0.244 e. The Morgan fingerprint density at radius 2 is 0.793 bits per heavy atom. The van der Waals surface area contributed by atoms with Gasteiger partial charge in [0.2, 0.25) is 0 Å². The third-order valence-electron chi connectivity index (χ3n) is 9.45. The van der Waals surface area contributed by atoms with E-state index >= 15 is 8.78 Å². The van der Waals surface area contributed by atoms with Crippen LogP contribution >= 0.6 is 0 Å². The fourth-order valence-electron chi connectivity index (χ4n) is 7.55. The minimum atomic E-state index is -1.34. The molecule has 4 heteroatoms. The summed E-state index contributed by atoms with van der Waals surface area (Å²) in [6.45, 7) is 1.81. The van der Waals surface area contributed by atoms with Crippen LogP contribution in [0.4, 0.5) is 17.6 Å². The Kier molecular flexibility index (Phi) is 7.16. The van der Waals surface area contributed by atoms with Gasteiger partial charge in [0, 0.05) is 0 Å². The Labute approximate surface area is 174 Å². The lowest BCUT2D eigenvalue weighted by Crippen LogP contribution is -2.45. The first-order valence-corrected chi connectivity index (χ1v) is 12.5. The van der Waals surface area contributed by atoms with Gasteiger partial charge >= 0.3 is 0 Å². The van der Waals surface area contributed by atoms with Gasteiger partial charge in [-0.1, -0.05) is 39.0 Å². The highest BCUT2D eigenvalue weighted by Gasteiger charge is 2.48. The summed E-state index contributed by atoms with van der Waals surface area (Å²) >= 11 is 0. The van der Waals surface area contributed by atoms with E-state index in [1.165, 1.54) is 19.3 Å². The SMILES string of the molecule is CC1CCC(C2CCC(C3CCC(C4CCCCC4)C(F)C3F)CC2)C(F)[C@H]1F. The molecule has 0 radical (unpaired) electrons. The number of rotatable bonds is 3. The molecule has 4 rings (SSSR count). The molecule has 4 fully saturated rings.